The van der Waals surface area contributed by atoms with E-state index in [2.05, 4.69) is 15.2 Å². The molecule has 1 aromatic carbocycles. The first-order valence-electron chi connectivity index (χ1n) is 9.22. The second-order valence-electron chi connectivity index (χ2n) is 6.90. The Labute approximate surface area is 176 Å². The summed E-state index contributed by atoms with van der Waals surface area (Å²) in [6, 6.07) is 3.72. The number of guanidine groups is 1. The molecule has 2 aliphatic heterocycles. The standard InChI is InChI=1S/C19H27F2N3O2.HI/c1-13(15-6-5-14(20)10-16(15)21)11-23-19(22-2)24-7-9-26-18(12-24)17-4-3-8-25-17;/h5-6,10,13,17-18H,3-4,7-9,11-12H2,1-2H3,(H,22,23);1H. The third-order valence-corrected chi connectivity index (χ3v) is 5.04. The van der Waals surface area contributed by atoms with Crippen molar-refractivity contribution in [2.75, 3.05) is 39.9 Å². The average Bonchev–Trinajstić information content (AvgIpc) is 3.17. The Kier molecular flexibility index (Phi) is 8.68. The molecular formula is C19H28F2IN3O2. The molecule has 3 unspecified atom stereocenters. The van der Waals surface area contributed by atoms with Crippen LogP contribution in [-0.4, -0.2) is 63.0 Å². The van der Waals surface area contributed by atoms with Crippen LogP contribution in [0.3, 0.4) is 0 Å². The van der Waals surface area contributed by atoms with Crippen LogP contribution in [0.2, 0.25) is 0 Å². The Bertz CT molecular complexity index is 641. The van der Waals surface area contributed by atoms with E-state index in [1.54, 1.807) is 7.05 Å². The van der Waals surface area contributed by atoms with Crippen LogP contribution in [0.1, 0.15) is 31.2 Å². The molecule has 2 heterocycles. The van der Waals surface area contributed by atoms with E-state index in [1.165, 1.54) is 12.1 Å². The smallest absolute Gasteiger partial charge is 0.193 e. The molecule has 0 aromatic heterocycles. The van der Waals surface area contributed by atoms with Crippen molar-refractivity contribution in [2.45, 2.75) is 37.9 Å². The number of hydrogen-bond donors (Lipinski definition) is 1. The van der Waals surface area contributed by atoms with Crippen LogP contribution in [0, 0.1) is 11.6 Å². The SMILES string of the molecule is CN=C(NCC(C)c1ccc(F)cc1F)N1CCOC(C2CCCO2)C1.I. The largest absolute Gasteiger partial charge is 0.375 e. The fourth-order valence-corrected chi connectivity index (χ4v) is 3.58. The molecule has 1 aromatic rings. The van der Waals surface area contributed by atoms with Crippen LogP contribution in [0.5, 0.6) is 0 Å². The molecule has 5 nitrogen and oxygen atoms in total. The first-order chi connectivity index (χ1) is 12.6. The van der Waals surface area contributed by atoms with Crippen LogP contribution >= 0.6 is 24.0 Å². The molecule has 0 amide bonds. The number of hydrogen-bond acceptors (Lipinski definition) is 3. The van der Waals surface area contributed by atoms with Gasteiger partial charge in [0.1, 0.15) is 17.7 Å². The van der Waals surface area contributed by atoms with E-state index >= 15 is 0 Å². The third kappa shape index (κ3) is 5.74. The van der Waals surface area contributed by atoms with Crippen LogP contribution in [0.4, 0.5) is 8.78 Å². The number of halogens is 3. The first kappa shape index (κ1) is 22.3. The van der Waals surface area contributed by atoms with E-state index in [1.807, 2.05) is 6.92 Å². The van der Waals surface area contributed by atoms with Crippen molar-refractivity contribution < 1.29 is 18.3 Å². The van der Waals surface area contributed by atoms with E-state index in [0.717, 1.165) is 44.6 Å². The highest BCUT2D eigenvalue weighted by Gasteiger charge is 2.32. The normalized spacial score (nSPS) is 24.4. The van der Waals surface area contributed by atoms with E-state index in [4.69, 9.17) is 9.47 Å². The van der Waals surface area contributed by atoms with Gasteiger partial charge in [-0.3, -0.25) is 4.99 Å². The van der Waals surface area contributed by atoms with Gasteiger partial charge in [-0.25, -0.2) is 8.78 Å². The quantitative estimate of drug-likeness (QED) is 0.396. The molecule has 2 saturated heterocycles. The van der Waals surface area contributed by atoms with E-state index in [0.29, 0.717) is 18.7 Å². The van der Waals surface area contributed by atoms with Gasteiger partial charge in [0.05, 0.1) is 12.7 Å². The Balaban J connectivity index is 0.00000261. The molecule has 2 aliphatic rings. The summed E-state index contributed by atoms with van der Waals surface area (Å²) in [4.78, 5) is 6.51. The van der Waals surface area contributed by atoms with Gasteiger partial charge in [-0.1, -0.05) is 13.0 Å². The lowest BCUT2D eigenvalue weighted by atomic mass is 10.0. The van der Waals surface area contributed by atoms with Gasteiger partial charge in [0, 0.05) is 45.3 Å². The maximum absolute atomic E-state index is 13.9. The van der Waals surface area contributed by atoms with Crippen LogP contribution in [0.25, 0.3) is 0 Å². The van der Waals surface area contributed by atoms with Crippen molar-refractivity contribution in [3.05, 3.63) is 35.4 Å². The van der Waals surface area contributed by atoms with Crippen LogP contribution in [0.15, 0.2) is 23.2 Å². The van der Waals surface area contributed by atoms with E-state index < -0.39 is 11.6 Å². The van der Waals surface area contributed by atoms with Gasteiger partial charge < -0.3 is 19.7 Å². The number of nitrogens with zero attached hydrogens (tertiary/aromatic N) is 2. The second-order valence-corrected chi connectivity index (χ2v) is 6.90. The van der Waals surface area contributed by atoms with Crippen molar-refractivity contribution in [3.63, 3.8) is 0 Å². The molecule has 0 bridgehead atoms. The molecular weight excluding hydrogens is 467 g/mol. The van der Waals surface area contributed by atoms with Gasteiger partial charge in [-0.2, -0.15) is 0 Å². The lowest BCUT2D eigenvalue weighted by molar-refractivity contribution is -0.0817. The molecule has 0 saturated carbocycles. The number of benzene rings is 1. The Hall–Kier alpha value is -1.00. The summed E-state index contributed by atoms with van der Waals surface area (Å²) < 4.78 is 38.7. The number of aliphatic imine (C=N–C) groups is 1. The highest BCUT2D eigenvalue weighted by Crippen LogP contribution is 2.22. The maximum atomic E-state index is 13.9. The summed E-state index contributed by atoms with van der Waals surface area (Å²) in [6.07, 6.45) is 2.32. The minimum Gasteiger partial charge on any atom is -0.375 e. The molecule has 152 valence electrons. The predicted octanol–water partition coefficient (Wildman–Crippen LogP) is 3.14. The zero-order valence-electron chi connectivity index (χ0n) is 15.8. The summed E-state index contributed by atoms with van der Waals surface area (Å²) in [5.74, 6) is -0.414. The lowest BCUT2D eigenvalue weighted by Gasteiger charge is -2.37. The zero-order chi connectivity index (χ0) is 18.5. The number of morpholine rings is 1. The topological polar surface area (TPSA) is 46.1 Å². The summed E-state index contributed by atoms with van der Waals surface area (Å²) in [5, 5.41) is 3.31. The summed E-state index contributed by atoms with van der Waals surface area (Å²) in [6.45, 7) is 5.33. The molecule has 3 atom stereocenters. The molecule has 1 N–H and O–H groups in total. The van der Waals surface area contributed by atoms with E-state index in [-0.39, 0.29) is 42.1 Å². The van der Waals surface area contributed by atoms with Crippen molar-refractivity contribution in [3.8, 4) is 0 Å². The monoisotopic (exact) mass is 495 g/mol. The van der Waals surface area contributed by atoms with Gasteiger partial charge in [0.25, 0.3) is 0 Å². The summed E-state index contributed by atoms with van der Waals surface area (Å²) >= 11 is 0. The van der Waals surface area contributed by atoms with Gasteiger partial charge in [-0.15, -0.1) is 24.0 Å². The highest BCUT2D eigenvalue weighted by atomic mass is 127. The molecule has 3 rings (SSSR count). The average molecular weight is 495 g/mol. The van der Waals surface area contributed by atoms with Crippen molar-refractivity contribution >= 4 is 29.9 Å². The van der Waals surface area contributed by atoms with Crippen LogP contribution < -0.4 is 5.32 Å². The number of ether oxygens (including phenoxy) is 2. The van der Waals surface area contributed by atoms with E-state index in [9.17, 15) is 8.78 Å². The summed E-state index contributed by atoms with van der Waals surface area (Å²) in [5.41, 5.74) is 0.494. The molecule has 0 radical (unpaired) electrons. The minimum atomic E-state index is -0.560. The Morgan fingerprint density at radius 1 is 1.30 bits per heavy atom. The second kappa shape index (κ2) is 10.5. The van der Waals surface area contributed by atoms with Gasteiger partial charge in [0.2, 0.25) is 0 Å². The minimum absolute atomic E-state index is 0. The molecule has 0 aliphatic carbocycles. The fraction of sp³-hybridized carbons (Fsp3) is 0.632. The first-order valence-corrected chi connectivity index (χ1v) is 9.22. The van der Waals surface area contributed by atoms with Crippen LogP contribution in [-0.2, 0) is 9.47 Å². The number of rotatable bonds is 4. The lowest BCUT2D eigenvalue weighted by Crippen LogP contribution is -2.53. The van der Waals surface area contributed by atoms with Gasteiger partial charge >= 0.3 is 0 Å². The predicted molar refractivity (Wildman–Crippen MR) is 112 cm³/mol. The van der Waals surface area contributed by atoms with Crippen molar-refractivity contribution in [1.29, 1.82) is 0 Å². The molecule has 2 fully saturated rings. The van der Waals surface area contributed by atoms with Gasteiger partial charge in [0.15, 0.2) is 5.96 Å². The molecule has 0 spiro atoms. The molecule has 27 heavy (non-hydrogen) atoms. The number of nitrogens with one attached hydrogen (secondary N) is 1. The van der Waals surface area contributed by atoms with Crippen molar-refractivity contribution in [1.82, 2.24) is 10.2 Å². The Morgan fingerprint density at radius 2 is 2.07 bits per heavy atom. The highest BCUT2D eigenvalue weighted by molar-refractivity contribution is 14.0. The van der Waals surface area contributed by atoms with Crippen molar-refractivity contribution in [2.24, 2.45) is 4.99 Å². The maximum Gasteiger partial charge on any atom is 0.193 e. The Morgan fingerprint density at radius 3 is 2.74 bits per heavy atom. The fourth-order valence-electron chi connectivity index (χ4n) is 3.58. The third-order valence-electron chi connectivity index (χ3n) is 5.04. The summed E-state index contributed by atoms with van der Waals surface area (Å²) in [7, 11) is 1.74. The molecule has 8 heteroatoms. The zero-order valence-corrected chi connectivity index (χ0v) is 18.1. The van der Waals surface area contributed by atoms with Gasteiger partial charge in [-0.05, 0) is 24.5 Å².